The van der Waals surface area contributed by atoms with Crippen molar-refractivity contribution in [2.75, 3.05) is 5.73 Å². The molecule has 44 valence electrons. The van der Waals surface area contributed by atoms with Crippen LogP contribution in [0.25, 0.3) is 0 Å². The lowest BCUT2D eigenvalue weighted by Crippen LogP contribution is -1.93. The number of rotatable bonds is 0. The summed E-state index contributed by atoms with van der Waals surface area (Å²) >= 11 is 0. The van der Waals surface area contributed by atoms with Gasteiger partial charge in [-0.1, -0.05) is 0 Å². The second kappa shape index (κ2) is 2.09. The molecule has 0 aromatic carbocycles. The summed E-state index contributed by atoms with van der Waals surface area (Å²) in [4.78, 5) is 0. The molecule has 4 heteroatoms. The van der Waals surface area contributed by atoms with Crippen molar-refractivity contribution >= 4 is 5.69 Å². The van der Waals surface area contributed by atoms with Crippen molar-refractivity contribution in [1.82, 2.24) is 10.2 Å². The van der Waals surface area contributed by atoms with Crippen LogP contribution in [0.4, 0.5) is 5.69 Å². The van der Waals surface area contributed by atoms with Crippen LogP contribution in [0.2, 0.25) is 0 Å². The topological polar surface area (TPSA) is 75.6 Å². The summed E-state index contributed by atoms with van der Waals surface area (Å²) in [6, 6.07) is 3.33. The van der Waals surface area contributed by atoms with Gasteiger partial charge >= 0.3 is 0 Å². The zero-order valence-corrected chi connectivity index (χ0v) is 4.57. The molecular formula is C5H4N4. The molecule has 0 saturated carbocycles. The van der Waals surface area contributed by atoms with E-state index in [1.54, 1.807) is 6.07 Å². The van der Waals surface area contributed by atoms with Crippen LogP contribution in [0.3, 0.4) is 0 Å². The monoisotopic (exact) mass is 120 g/mol. The van der Waals surface area contributed by atoms with E-state index in [4.69, 9.17) is 11.0 Å². The Labute approximate surface area is 51.9 Å². The molecule has 0 bridgehead atoms. The highest BCUT2D eigenvalue weighted by molar-refractivity contribution is 5.47. The van der Waals surface area contributed by atoms with Gasteiger partial charge in [0.1, 0.15) is 6.07 Å². The van der Waals surface area contributed by atoms with E-state index in [2.05, 4.69) is 10.2 Å². The first kappa shape index (κ1) is 5.51. The average Bonchev–Trinajstić information content (AvgIpc) is 1.89. The molecule has 1 heterocycles. The number of anilines is 1. The molecule has 0 saturated heterocycles. The van der Waals surface area contributed by atoms with E-state index in [1.165, 1.54) is 12.3 Å². The van der Waals surface area contributed by atoms with Crippen molar-refractivity contribution in [2.45, 2.75) is 0 Å². The molecule has 1 aromatic rings. The van der Waals surface area contributed by atoms with Gasteiger partial charge < -0.3 is 5.73 Å². The SMILES string of the molecule is N#Cc1nnccc1N. The minimum absolute atomic E-state index is 0.178. The molecule has 0 aliphatic carbocycles. The summed E-state index contributed by atoms with van der Waals surface area (Å²) in [6.45, 7) is 0. The lowest BCUT2D eigenvalue weighted by Gasteiger charge is -1.88. The van der Waals surface area contributed by atoms with Gasteiger partial charge in [-0.15, -0.1) is 5.10 Å². The van der Waals surface area contributed by atoms with Gasteiger partial charge in [-0.25, -0.2) is 0 Å². The van der Waals surface area contributed by atoms with Crippen LogP contribution >= 0.6 is 0 Å². The van der Waals surface area contributed by atoms with Crippen LogP contribution < -0.4 is 5.73 Å². The molecule has 2 N–H and O–H groups in total. The van der Waals surface area contributed by atoms with Crippen LogP contribution in [-0.2, 0) is 0 Å². The van der Waals surface area contributed by atoms with Crippen molar-refractivity contribution in [3.63, 3.8) is 0 Å². The molecule has 0 amide bonds. The van der Waals surface area contributed by atoms with Gasteiger partial charge in [-0.3, -0.25) is 0 Å². The zero-order valence-electron chi connectivity index (χ0n) is 4.57. The Balaban J connectivity index is 3.20. The first-order chi connectivity index (χ1) is 4.34. The fourth-order valence-corrected chi connectivity index (χ4v) is 0.428. The first-order valence-corrected chi connectivity index (χ1v) is 2.32. The number of hydrogen-bond donors (Lipinski definition) is 1. The standard InChI is InChI=1S/C5H4N4/c6-3-5-4(7)1-2-8-9-5/h1-2H,(H2,7,8). The molecule has 1 rings (SSSR count). The van der Waals surface area contributed by atoms with Crippen molar-refractivity contribution in [3.05, 3.63) is 18.0 Å². The van der Waals surface area contributed by atoms with Gasteiger partial charge in [0.15, 0.2) is 5.69 Å². The lowest BCUT2D eigenvalue weighted by molar-refractivity contribution is 1.01. The van der Waals surface area contributed by atoms with E-state index in [-0.39, 0.29) is 5.69 Å². The van der Waals surface area contributed by atoms with Gasteiger partial charge in [-0.05, 0) is 6.07 Å². The predicted octanol–water partition coefficient (Wildman–Crippen LogP) is -0.0695. The number of nitrogens with zero attached hydrogens (tertiary/aromatic N) is 3. The van der Waals surface area contributed by atoms with Gasteiger partial charge in [-0.2, -0.15) is 10.4 Å². The summed E-state index contributed by atoms with van der Waals surface area (Å²) < 4.78 is 0. The van der Waals surface area contributed by atoms with Crippen molar-refractivity contribution in [1.29, 1.82) is 5.26 Å². The van der Waals surface area contributed by atoms with Gasteiger partial charge in [0.05, 0.1) is 11.9 Å². The third-order valence-corrected chi connectivity index (χ3v) is 0.858. The molecule has 9 heavy (non-hydrogen) atoms. The van der Waals surface area contributed by atoms with E-state index in [9.17, 15) is 0 Å². The third-order valence-electron chi connectivity index (χ3n) is 0.858. The minimum atomic E-state index is 0.178. The molecule has 4 nitrogen and oxygen atoms in total. The largest absolute Gasteiger partial charge is 0.396 e. The highest BCUT2D eigenvalue weighted by atomic mass is 15.1. The van der Waals surface area contributed by atoms with Gasteiger partial charge in [0.2, 0.25) is 0 Å². The molecule has 0 spiro atoms. The van der Waals surface area contributed by atoms with E-state index in [1.807, 2.05) is 0 Å². The molecule has 0 unspecified atom stereocenters. The van der Waals surface area contributed by atoms with E-state index < -0.39 is 0 Å². The molecule has 0 aliphatic heterocycles. The van der Waals surface area contributed by atoms with Crippen LogP contribution in [0, 0.1) is 11.3 Å². The second-order valence-corrected chi connectivity index (χ2v) is 1.45. The average molecular weight is 120 g/mol. The maximum atomic E-state index is 8.29. The predicted molar refractivity (Wildman–Crippen MR) is 31.2 cm³/mol. The normalized spacial score (nSPS) is 8.33. The molecule has 0 atom stereocenters. The van der Waals surface area contributed by atoms with Crippen LogP contribution in [-0.4, -0.2) is 10.2 Å². The number of nitrogen functional groups attached to an aromatic ring is 1. The highest BCUT2D eigenvalue weighted by Crippen LogP contribution is 2.01. The Morgan fingerprint density at radius 1 is 1.67 bits per heavy atom. The Kier molecular flexibility index (Phi) is 1.28. The smallest absolute Gasteiger partial charge is 0.185 e. The van der Waals surface area contributed by atoms with Crippen LogP contribution in [0.15, 0.2) is 12.3 Å². The maximum absolute atomic E-state index is 8.29. The zero-order chi connectivity index (χ0) is 6.69. The number of aromatic nitrogens is 2. The quantitative estimate of drug-likeness (QED) is 0.520. The summed E-state index contributed by atoms with van der Waals surface area (Å²) in [5, 5.41) is 15.2. The molecule has 0 radical (unpaired) electrons. The molecule has 0 fully saturated rings. The van der Waals surface area contributed by atoms with Gasteiger partial charge in [0.25, 0.3) is 0 Å². The Hall–Kier alpha value is -1.63. The van der Waals surface area contributed by atoms with Crippen LogP contribution in [0.1, 0.15) is 5.69 Å². The highest BCUT2D eigenvalue weighted by Gasteiger charge is 1.94. The van der Waals surface area contributed by atoms with Gasteiger partial charge in [0, 0.05) is 0 Å². The summed E-state index contributed by atoms with van der Waals surface area (Å²) in [5.74, 6) is 0. The number of nitrogens with two attached hydrogens (primary N) is 1. The van der Waals surface area contributed by atoms with E-state index in [0.717, 1.165) is 0 Å². The van der Waals surface area contributed by atoms with Crippen molar-refractivity contribution in [3.8, 4) is 6.07 Å². The summed E-state index contributed by atoms with van der Waals surface area (Å²) in [7, 11) is 0. The summed E-state index contributed by atoms with van der Waals surface area (Å²) in [5.41, 5.74) is 5.85. The first-order valence-electron chi connectivity index (χ1n) is 2.32. The maximum Gasteiger partial charge on any atom is 0.185 e. The molecule has 0 aliphatic rings. The Bertz CT molecular complexity index is 249. The second-order valence-electron chi connectivity index (χ2n) is 1.45. The van der Waals surface area contributed by atoms with Crippen LogP contribution in [0.5, 0.6) is 0 Å². The lowest BCUT2D eigenvalue weighted by atomic mass is 10.4. The fourth-order valence-electron chi connectivity index (χ4n) is 0.428. The number of hydrogen-bond acceptors (Lipinski definition) is 4. The molecule has 1 aromatic heterocycles. The van der Waals surface area contributed by atoms with Crippen molar-refractivity contribution in [2.24, 2.45) is 0 Å². The Morgan fingerprint density at radius 2 is 2.44 bits per heavy atom. The Morgan fingerprint density at radius 3 is 2.89 bits per heavy atom. The summed E-state index contributed by atoms with van der Waals surface area (Å²) in [6.07, 6.45) is 1.44. The van der Waals surface area contributed by atoms with E-state index in [0.29, 0.717) is 5.69 Å². The number of nitriles is 1. The third kappa shape index (κ3) is 0.941. The van der Waals surface area contributed by atoms with E-state index >= 15 is 0 Å². The minimum Gasteiger partial charge on any atom is -0.396 e. The van der Waals surface area contributed by atoms with Crippen molar-refractivity contribution < 1.29 is 0 Å². The molecular weight excluding hydrogens is 116 g/mol. The fraction of sp³-hybridized carbons (Fsp3) is 0.